The Morgan fingerprint density at radius 2 is 1.85 bits per heavy atom. The Morgan fingerprint density at radius 3 is 2.59 bits per heavy atom. The second-order valence-corrected chi connectivity index (χ2v) is 11.9. The number of thiocarbonyl (C=S) groups is 1. The fourth-order valence-corrected chi connectivity index (χ4v) is 7.76. The molecule has 7 atom stereocenters. The molecule has 0 spiro atoms. The number of nitrogens with one attached hydrogen (secondary N) is 1. The summed E-state index contributed by atoms with van der Waals surface area (Å²) in [6.45, 7) is 7.08. The van der Waals surface area contributed by atoms with Gasteiger partial charge in [-0.15, -0.1) is 0 Å². The number of nitrogens with zero attached hydrogens (tertiary/aromatic N) is 1. The normalized spacial score (nSPS) is 50.6. The van der Waals surface area contributed by atoms with Crippen molar-refractivity contribution < 1.29 is 5.11 Å². The molecule has 0 aromatic carbocycles. The minimum Gasteiger partial charge on any atom is -0.390 e. The maximum atomic E-state index is 11.1. The first-order chi connectivity index (χ1) is 12.7. The molecular weight excluding hydrogens is 372 g/mol. The Balaban J connectivity index is 1.51. The average molecular weight is 409 g/mol. The second-order valence-electron chi connectivity index (χ2n) is 10.4. The molecule has 4 aliphatic rings. The minimum atomic E-state index is -0.464. The first kappa shape index (κ1) is 20.2. The lowest BCUT2D eigenvalue weighted by Gasteiger charge is -2.61. The Labute approximate surface area is 174 Å². The number of hydrogen-bond donors (Lipinski definition) is 2. The highest BCUT2D eigenvalue weighted by Gasteiger charge is 2.63. The fraction of sp³-hybridized carbons (Fsp3) is 0.909. The third-order valence-electron chi connectivity index (χ3n) is 9.55. The summed E-state index contributed by atoms with van der Waals surface area (Å²) < 4.78 is 0.763. The molecule has 0 saturated heterocycles. The molecule has 0 bridgehead atoms. The first-order valence-corrected chi connectivity index (χ1v) is 12.5. The molecule has 152 valence electrons. The molecule has 4 fully saturated rings. The van der Waals surface area contributed by atoms with Crippen LogP contribution in [-0.4, -0.2) is 27.0 Å². The Kier molecular flexibility index (Phi) is 5.21. The number of aliphatic hydroxyl groups is 1. The van der Waals surface area contributed by atoms with E-state index in [1.807, 2.05) is 6.26 Å². The van der Waals surface area contributed by atoms with Crippen LogP contribution in [0, 0.1) is 34.5 Å². The van der Waals surface area contributed by atoms with Gasteiger partial charge in [0.1, 0.15) is 0 Å². The van der Waals surface area contributed by atoms with E-state index in [1.165, 1.54) is 44.2 Å². The Morgan fingerprint density at radius 1 is 1.11 bits per heavy atom. The molecule has 27 heavy (non-hydrogen) atoms. The van der Waals surface area contributed by atoms with Gasteiger partial charge in [-0.3, -0.25) is 5.43 Å². The Hall–Kier alpha value is -0.130. The molecule has 4 aliphatic carbocycles. The van der Waals surface area contributed by atoms with Gasteiger partial charge in [0.15, 0.2) is 4.32 Å². The van der Waals surface area contributed by atoms with Crippen molar-refractivity contribution in [3.05, 3.63) is 0 Å². The lowest BCUT2D eigenvalue weighted by atomic mass is 9.44. The van der Waals surface area contributed by atoms with Gasteiger partial charge in [-0.1, -0.05) is 37.8 Å². The zero-order valence-electron chi connectivity index (χ0n) is 17.4. The van der Waals surface area contributed by atoms with E-state index in [0.29, 0.717) is 5.41 Å². The van der Waals surface area contributed by atoms with E-state index >= 15 is 0 Å². The summed E-state index contributed by atoms with van der Waals surface area (Å²) in [5.41, 5.74) is 4.51. The number of rotatable bonds is 1. The molecule has 0 heterocycles. The van der Waals surface area contributed by atoms with Gasteiger partial charge in [0.05, 0.1) is 5.60 Å². The van der Waals surface area contributed by atoms with Gasteiger partial charge in [-0.25, -0.2) is 0 Å². The number of thioether (sulfide) groups is 1. The van der Waals surface area contributed by atoms with Crippen LogP contribution in [0.15, 0.2) is 5.10 Å². The van der Waals surface area contributed by atoms with E-state index < -0.39 is 5.60 Å². The van der Waals surface area contributed by atoms with Crippen molar-refractivity contribution in [2.45, 2.75) is 84.2 Å². The highest BCUT2D eigenvalue weighted by atomic mass is 32.2. The maximum Gasteiger partial charge on any atom is 0.153 e. The van der Waals surface area contributed by atoms with Gasteiger partial charge in [-0.2, -0.15) is 5.10 Å². The lowest BCUT2D eigenvalue weighted by Crippen LogP contribution is -2.56. The highest BCUT2D eigenvalue weighted by Crippen LogP contribution is 2.67. The van der Waals surface area contributed by atoms with Gasteiger partial charge in [0.25, 0.3) is 0 Å². The van der Waals surface area contributed by atoms with Gasteiger partial charge >= 0.3 is 0 Å². The molecule has 3 nitrogen and oxygen atoms in total. The van der Waals surface area contributed by atoms with E-state index in [2.05, 4.69) is 31.3 Å². The largest absolute Gasteiger partial charge is 0.390 e. The number of fused-ring (bicyclic) bond motifs is 5. The molecule has 0 radical (unpaired) electrons. The zero-order chi connectivity index (χ0) is 19.4. The highest BCUT2D eigenvalue weighted by molar-refractivity contribution is 8.22. The van der Waals surface area contributed by atoms with Crippen molar-refractivity contribution >= 4 is 34.0 Å². The van der Waals surface area contributed by atoms with Crippen molar-refractivity contribution in [2.24, 2.45) is 39.6 Å². The van der Waals surface area contributed by atoms with Crippen LogP contribution >= 0.6 is 24.0 Å². The van der Waals surface area contributed by atoms with Gasteiger partial charge in [-0.05, 0) is 105 Å². The summed E-state index contributed by atoms with van der Waals surface area (Å²) in [5.74, 6) is 3.14. The number of hydrogen-bond acceptors (Lipinski definition) is 4. The topological polar surface area (TPSA) is 44.6 Å². The molecule has 0 aromatic heterocycles. The van der Waals surface area contributed by atoms with Crippen molar-refractivity contribution in [3.63, 3.8) is 0 Å². The monoisotopic (exact) mass is 408 g/mol. The molecular formula is C22H36N2OS2. The predicted molar refractivity (Wildman–Crippen MR) is 119 cm³/mol. The molecule has 0 aromatic rings. The van der Waals surface area contributed by atoms with Crippen LogP contribution in [-0.2, 0) is 0 Å². The summed E-state index contributed by atoms with van der Waals surface area (Å²) in [7, 11) is 0. The summed E-state index contributed by atoms with van der Waals surface area (Å²) in [6.07, 6.45) is 12.9. The predicted octanol–water partition coefficient (Wildman–Crippen LogP) is 5.37. The zero-order valence-corrected chi connectivity index (χ0v) is 19.0. The van der Waals surface area contributed by atoms with E-state index in [1.54, 1.807) is 11.8 Å². The van der Waals surface area contributed by atoms with Crippen LogP contribution in [0.1, 0.15) is 78.6 Å². The summed E-state index contributed by atoms with van der Waals surface area (Å²) >= 11 is 6.78. The summed E-state index contributed by atoms with van der Waals surface area (Å²) in [6, 6.07) is 0. The van der Waals surface area contributed by atoms with Crippen molar-refractivity contribution in [1.82, 2.24) is 5.43 Å². The van der Waals surface area contributed by atoms with Crippen LogP contribution < -0.4 is 5.43 Å². The molecule has 0 amide bonds. The lowest BCUT2D eigenvalue weighted by molar-refractivity contribution is -0.140. The van der Waals surface area contributed by atoms with Crippen molar-refractivity contribution in [3.8, 4) is 0 Å². The SMILES string of the molecule is CSC(=S)N/N=C1\CC[C@@]2(C)C(CCC3C2CC[C@@]2(C)C3CCC2(C)O)C1. The molecule has 4 saturated carbocycles. The summed E-state index contributed by atoms with van der Waals surface area (Å²) in [4.78, 5) is 0. The third-order valence-corrected chi connectivity index (χ3v) is 10.6. The van der Waals surface area contributed by atoms with Gasteiger partial charge in [0, 0.05) is 5.71 Å². The minimum absolute atomic E-state index is 0.135. The smallest absolute Gasteiger partial charge is 0.153 e. The second kappa shape index (κ2) is 6.98. The van der Waals surface area contributed by atoms with E-state index in [0.717, 1.165) is 47.3 Å². The van der Waals surface area contributed by atoms with Gasteiger partial charge < -0.3 is 5.11 Å². The third kappa shape index (κ3) is 3.11. The Bertz CT molecular complexity index is 648. The average Bonchev–Trinajstić information content (AvgIpc) is 2.89. The van der Waals surface area contributed by atoms with E-state index in [4.69, 9.17) is 12.2 Å². The number of hydrazone groups is 1. The molecule has 2 N–H and O–H groups in total. The maximum absolute atomic E-state index is 11.1. The van der Waals surface area contributed by atoms with Crippen molar-refractivity contribution in [1.29, 1.82) is 0 Å². The summed E-state index contributed by atoms with van der Waals surface area (Å²) in [5, 5.41) is 15.7. The quantitative estimate of drug-likeness (QED) is 0.452. The standard InChI is InChI=1S/C22H36N2OS2/c1-20-10-7-15(23-24-19(26)27-4)13-14(20)5-6-16-17(20)8-11-21(2)18(16)9-12-22(21,3)25/h14,16-18,25H,5-13H2,1-4H3,(H,24,26)/b23-15+/t14?,16?,17?,18?,20-,21-,22?/m0/s1. The van der Waals surface area contributed by atoms with Crippen LogP contribution in [0.2, 0.25) is 0 Å². The molecule has 4 rings (SSSR count). The van der Waals surface area contributed by atoms with E-state index in [-0.39, 0.29) is 5.41 Å². The fourth-order valence-electron chi connectivity index (χ4n) is 7.58. The van der Waals surface area contributed by atoms with Crippen LogP contribution in [0.4, 0.5) is 0 Å². The van der Waals surface area contributed by atoms with E-state index in [9.17, 15) is 5.11 Å². The van der Waals surface area contributed by atoms with Crippen LogP contribution in [0.5, 0.6) is 0 Å². The van der Waals surface area contributed by atoms with Crippen LogP contribution in [0.3, 0.4) is 0 Å². The molecule has 5 unspecified atom stereocenters. The first-order valence-electron chi connectivity index (χ1n) is 10.8. The van der Waals surface area contributed by atoms with Crippen LogP contribution in [0.25, 0.3) is 0 Å². The van der Waals surface area contributed by atoms with Crippen molar-refractivity contribution in [2.75, 3.05) is 6.26 Å². The molecule has 0 aliphatic heterocycles. The van der Waals surface area contributed by atoms with Gasteiger partial charge in [0.2, 0.25) is 0 Å². The molecule has 5 heteroatoms.